The highest BCUT2D eigenvalue weighted by molar-refractivity contribution is 5.68. The number of piperidine rings is 1. The van der Waals surface area contributed by atoms with Crippen molar-refractivity contribution in [2.75, 3.05) is 71.7 Å². The van der Waals surface area contributed by atoms with E-state index in [1.165, 1.54) is 0 Å². The average Bonchev–Trinajstić information content (AvgIpc) is 3.21. The largest absolute Gasteiger partial charge is 0.496 e. The molecule has 54 heavy (non-hydrogen) atoms. The molecule has 1 saturated heterocycles. The van der Waals surface area contributed by atoms with Crippen LogP contribution in [0.15, 0.2) is 97.1 Å². The fourth-order valence-electron chi connectivity index (χ4n) is 6.93. The number of aliphatic hydroxyl groups is 1. The lowest BCUT2D eigenvalue weighted by atomic mass is 9.84. The zero-order valence-electron chi connectivity index (χ0n) is 31.3. The molecule has 0 aromatic heterocycles. The summed E-state index contributed by atoms with van der Waals surface area (Å²) in [5.41, 5.74) is 4.81. The number of benzene rings is 4. The van der Waals surface area contributed by atoms with Gasteiger partial charge in [-0.25, -0.2) is 4.79 Å². The number of fused-ring (bicyclic) bond motifs is 1. The molecule has 1 N–H and O–H groups in total. The van der Waals surface area contributed by atoms with Crippen LogP contribution >= 0.6 is 0 Å². The third kappa shape index (κ3) is 10.7. The fourth-order valence-corrected chi connectivity index (χ4v) is 6.93. The molecular weight excluding hydrogens is 688 g/mol. The maximum absolute atomic E-state index is 13.3. The van der Waals surface area contributed by atoms with Gasteiger partial charge in [0.15, 0.2) is 0 Å². The Labute approximate surface area is 318 Å². The number of rotatable bonds is 18. The molecule has 1 amide bonds. The first-order valence-electron chi connectivity index (χ1n) is 18.7. The van der Waals surface area contributed by atoms with Crippen LogP contribution in [0.5, 0.6) is 17.2 Å². The van der Waals surface area contributed by atoms with Crippen LogP contribution in [0.3, 0.4) is 0 Å². The number of anilines is 1. The molecule has 0 aliphatic carbocycles. The van der Waals surface area contributed by atoms with Crippen molar-refractivity contribution in [3.63, 3.8) is 0 Å². The zero-order chi connectivity index (χ0) is 37.5. The summed E-state index contributed by atoms with van der Waals surface area (Å²) < 4.78 is 40.7. The lowest BCUT2D eigenvalue weighted by molar-refractivity contribution is -0.0692. The average molecular weight is 741 g/mol. The maximum Gasteiger partial charge on any atom is 0.410 e. The van der Waals surface area contributed by atoms with Gasteiger partial charge in [0, 0.05) is 38.2 Å². The van der Waals surface area contributed by atoms with Crippen molar-refractivity contribution in [2.24, 2.45) is 0 Å². The van der Waals surface area contributed by atoms with Gasteiger partial charge in [-0.05, 0) is 53.4 Å². The molecule has 288 valence electrons. The van der Waals surface area contributed by atoms with Crippen LogP contribution < -0.4 is 19.1 Å². The standard InChI is InChI=1S/C43H52N2O9/c1-48-22-8-20-44-21-25-52-40-19-14-33(26-37(40)44)30-53-41-28-45(43(47)54-29-32-10-4-3-5-11-32)27-38(46)42(41)34-15-17-36(18-16-34)51-24-9-23-50-31-35-12-6-7-13-39(35)49-2/h3-7,10-19,26,38,41-42,46H,8-9,20-25,27-31H2,1-2H3. The first-order chi connectivity index (χ1) is 26.5. The van der Waals surface area contributed by atoms with Crippen molar-refractivity contribution in [1.29, 1.82) is 0 Å². The summed E-state index contributed by atoms with van der Waals surface area (Å²) in [6.45, 7) is 5.34. The molecule has 11 nitrogen and oxygen atoms in total. The summed E-state index contributed by atoms with van der Waals surface area (Å²) >= 11 is 0. The quantitative estimate of drug-likeness (QED) is 0.112. The van der Waals surface area contributed by atoms with Gasteiger partial charge < -0.3 is 48.1 Å². The van der Waals surface area contributed by atoms with Crippen molar-refractivity contribution >= 4 is 11.8 Å². The fraction of sp³-hybridized carbons (Fsp3) is 0.419. The summed E-state index contributed by atoms with van der Waals surface area (Å²) in [5, 5.41) is 11.6. The number of hydrogen-bond acceptors (Lipinski definition) is 10. The molecule has 0 spiro atoms. The second kappa shape index (κ2) is 20.0. The van der Waals surface area contributed by atoms with Gasteiger partial charge in [0.25, 0.3) is 0 Å². The van der Waals surface area contributed by atoms with Gasteiger partial charge in [-0.3, -0.25) is 0 Å². The highest BCUT2D eigenvalue weighted by Crippen LogP contribution is 2.35. The van der Waals surface area contributed by atoms with Gasteiger partial charge in [0.2, 0.25) is 0 Å². The number of likely N-dealkylation sites (tertiary alicyclic amines) is 1. The van der Waals surface area contributed by atoms with Crippen molar-refractivity contribution in [3.8, 4) is 17.2 Å². The number of nitrogens with zero attached hydrogens (tertiary/aromatic N) is 2. The topological polar surface area (TPSA) is 108 Å². The molecule has 0 saturated carbocycles. The Morgan fingerprint density at radius 2 is 1.65 bits per heavy atom. The summed E-state index contributed by atoms with van der Waals surface area (Å²) in [6.07, 6.45) is -0.233. The van der Waals surface area contributed by atoms with Crippen molar-refractivity contribution in [3.05, 3.63) is 119 Å². The predicted octanol–water partition coefficient (Wildman–Crippen LogP) is 6.60. The van der Waals surface area contributed by atoms with E-state index in [9.17, 15) is 9.90 Å². The van der Waals surface area contributed by atoms with Crippen LogP contribution in [-0.2, 0) is 38.8 Å². The number of amides is 1. The van der Waals surface area contributed by atoms with E-state index in [-0.39, 0.29) is 25.6 Å². The van der Waals surface area contributed by atoms with Gasteiger partial charge in [0.05, 0.1) is 71.1 Å². The summed E-state index contributed by atoms with van der Waals surface area (Å²) in [6, 6.07) is 31.2. The minimum atomic E-state index is -0.881. The van der Waals surface area contributed by atoms with E-state index in [0.717, 1.165) is 71.1 Å². The number of para-hydroxylation sites is 1. The molecule has 3 atom stereocenters. The van der Waals surface area contributed by atoms with Gasteiger partial charge in [0.1, 0.15) is 30.5 Å². The van der Waals surface area contributed by atoms with E-state index in [1.54, 1.807) is 19.1 Å². The number of β-amino-alcohol motifs (C(OH)–C–C–N with tert-alkyl or cyclic N) is 1. The van der Waals surface area contributed by atoms with Crippen LogP contribution in [0.25, 0.3) is 0 Å². The lowest BCUT2D eigenvalue weighted by Gasteiger charge is -2.41. The Morgan fingerprint density at radius 1 is 0.833 bits per heavy atom. The number of aliphatic hydroxyl groups excluding tert-OH is 1. The van der Waals surface area contributed by atoms with E-state index in [0.29, 0.717) is 39.6 Å². The first-order valence-corrected chi connectivity index (χ1v) is 18.7. The van der Waals surface area contributed by atoms with E-state index in [2.05, 4.69) is 11.0 Å². The highest BCUT2D eigenvalue weighted by atomic mass is 16.6. The van der Waals surface area contributed by atoms with Crippen LogP contribution in [0, 0.1) is 0 Å². The first kappa shape index (κ1) is 38.9. The Balaban J connectivity index is 1.09. The number of hydrogen-bond donors (Lipinski definition) is 1. The molecule has 6 rings (SSSR count). The molecule has 11 heteroatoms. The number of methoxy groups -OCH3 is 2. The number of ether oxygens (including phenoxy) is 7. The van der Waals surface area contributed by atoms with Gasteiger partial charge in [-0.15, -0.1) is 0 Å². The Bertz CT molecular complexity index is 1740. The zero-order valence-corrected chi connectivity index (χ0v) is 31.3. The van der Waals surface area contributed by atoms with E-state index < -0.39 is 18.3 Å². The van der Waals surface area contributed by atoms with Crippen molar-refractivity contribution < 1.29 is 43.1 Å². The smallest absolute Gasteiger partial charge is 0.410 e. The molecule has 2 aliphatic heterocycles. The minimum Gasteiger partial charge on any atom is -0.496 e. The van der Waals surface area contributed by atoms with E-state index in [1.807, 2.05) is 91.0 Å². The second-order valence-electron chi connectivity index (χ2n) is 13.5. The van der Waals surface area contributed by atoms with E-state index in [4.69, 9.17) is 33.2 Å². The van der Waals surface area contributed by atoms with Crippen molar-refractivity contribution in [2.45, 2.75) is 50.8 Å². The summed E-state index contributed by atoms with van der Waals surface area (Å²) in [5.74, 6) is 2.01. The van der Waals surface area contributed by atoms with Crippen LogP contribution in [0.2, 0.25) is 0 Å². The SMILES string of the molecule is COCCCN1CCOc2ccc(COC3CN(C(=O)OCc4ccccc4)CC(O)C3c3ccc(OCCCOCc4ccccc4OC)cc3)cc21. The normalized spacial score (nSPS) is 18.1. The van der Waals surface area contributed by atoms with Crippen molar-refractivity contribution in [1.82, 2.24) is 4.90 Å². The molecule has 3 unspecified atom stereocenters. The highest BCUT2D eigenvalue weighted by Gasteiger charge is 2.40. The Hall–Kier alpha value is -4.81. The number of carbonyl (C=O) groups is 1. The Morgan fingerprint density at radius 3 is 2.46 bits per heavy atom. The Kier molecular flexibility index (Phi) is 14.4. The lowest BCUT2D eigenvalue weighted by Crippen LogP contribution is -2.53. The number of carbonyl (C=O) groups excluding carboxylic acids is 1. The van der Waals surface area contributed by atoms with Crippen LogP contribution in [-0.4, -0.2) is 95.1 Å². The van der Waals surface area contributed by atoms with Crippen LogP contribution in [0.4, 0.5) is 10.5 Å². The molecule has 0 radical (unpaired) electrons. The molecule has 2 heterocycles. The third-order valence-electron chi connectivity index (χ3n) is 9.73. The van der Waals surface area contributed by atoms with Gasteiger partial charge in [-0.1, -0.05) is 66.7 Å². The molecular formula is C43H52N2O9. The third-order valence-corrected chi connectivity index (χ3v) is 9.73. The molecule has 4 aromatic carbocycles. The minimum absolute atomic E-state index is 0.123. The molecule has 1 fully saturated rings. The molecule has 0 bridgehead atoms. The summed E-state index contributed by atoms with van der Waals surface area (Å²) in [7, 11) is 3.37. The monoisotopic (exact) mass is 740 g/mol. The van der Waals surface area contributed by atoms with Crippen LogP contribution in [0.1, 0.15) is 41.0 Å². The molecule has 4 aromatic rings. The summed E-state index contributed by atoms with van der Waals surface area (Å²) in [4.78, 5) is 17.1. The predicted molar refractivity (Wildman–Crippen MR) is 205 cm³/mol. The van der Waals surface area contributed by atoms with E-state index >= 15 is 0 Å². The van der Waals surface area contributed by atoms with Gasteiger partial charge in [-0.2, -0.15) is 0 Å². The second-order valence-corrected chi connectivity index (χ2v) is 13.5. The maximum atomic E-state index is 13.3. The molecule has 2 aliphatic rings. The van der Waals surface area contributed by atoms with Gasteiger partial charge >= 0.3 is 6.09 Å².